The molecule has 1 aromatic rings. The van der Waals surface area contributed by atoms with Gasteiger partial charge < -0.3 is 15.5 Å². The van der Waals surface area contributed by atoms with Crippen molar-refractivity contribution in [2.45, 2.75) is 32.4 Å². The fourth-order valence-corrected chi connectivity index (χ4v) is 2.96. The van der Waals surface area contributed by atoms with Gasteiger partial charge in [0.2, 0.25) is 5.91 Å². The average molecular weight is 296 g/mol. The highest BCUT2D eigenvalue weighted by Crippen LogP contribution is 2.29. The van der Waals surface area contributed by atoms with Crippen LogP contribution in [0.1, 0.15) is 31.9 Å². The van der Waals surface area contributed by atoms with Gasteiger partial charge in [0, 0.05) is 42.8 Å². The monoisotopic (exact) mass is 295 g/mol. The zero-order chi connectivity index (χ0) is 14.7. The van der Waals surface area contributed by atoms with Gasteiger partial charge in [0.05, 0.1) is 0 Å². The molecule has 1 amide bonds. The number of carbonyl (C=O) groups excluding carboxylic acids is 1. The number of amides is 1. The molecule has 1 aliphatic heterocycles. The fraction of sp³-hybridized carbons (Fsp3) is 0.533. The van der Waals surface area contributed by atoms with Crippen molar-refractivity contribution >= 4 is 23.2 Å². The Kier molecular flexibility index (Phi) is 4.89. The molecule has 0 radical (unpaired) electrons. The molecule has 0 aromatic heterocycles. The number of anilines is 1. The third kappa shape index (κ3) is 3.44. The van der Waals surface area contributed by atoms with Gasteiger partial charge in [-0.25, -0.2) is 0 Å². The molecule has 0 bridgehead atoms. The molecule has 0 spiro atoms. The maximum absolute atomic E-state index is 11.1. The first kappa shape index (κ1) is 15.1. The largest absolute Gasteiger partial charge is 0.369 e. The fourth-order valence-electron chi connectivity index (χ4n) is 2.62. The van der Waals surface area contributed by atoms with Crippen LogP contribution < -0.4 is 15.5 Å². The highest BCUT2D eigenvalue weighted by Gasteiger charge is 2.23. The lowest BCUT2D eigenvalue weighted by Gasteiger charge is -2.21. The summed E-state index contributed by atoms with van der Waals surface area (Å²) in [5.41, 5.74) is 2.23. The molecule has 1 saturated heterocycles. The minimum atomic E-state index is 0.0353. The number of hydrogen-bond donors (Lipinski definition) is 2. The van der Waals surface area contributed by atoms with Gasteiger partial charge in [-0.1, -0.05) is 17.7 Å². The zero-order valence-electron chi connectivity index (χ0n) is 12.2. The zero-order valence-corrected chi connectivity index (χ0v) is 13.0. The molecule has 5 heteroatoms. The molecule has 2 unspecified atom stereocenters. The van der Waals surface area contributed by atoms with Crippen molar-refractivity contribution in [3.8, 4) is 0 Å². The Bertz CT molecular complexity index is 492. The summed E-state index contributed by atoms with van der Waals surface area (Å²) in [5.74, 6) is 0.0353. The van der Waals surface area contributed by atoms with E-state index in [1.54, 1.807) is 6.92 Å². The molecule has 0 saturated carbocycles. The van der Waals surface area contributed by atoms with E-state index < -0.39 is 0 Å². The van der Waals surface area contributed by atoms with Crippen molar-refractivity contribution in [2.24, 2.45) is 0 Å². The van der Waals surface area contributed by atoms with Crippen LogP contribution in [0.25, 0.3) is 0 Å². The first-order chi connectivity index (χ1) is 9.51. The van der Waals surface area contributed by atoms with Gasteiger partial charge in [-0.05, 0) is 38.1 Å². The van der Waals surface area contributed by atoms with Crippen LogP contribution in [0.15, 0.2) is 18.2 Å². The van der Waals surface area contributed by atoms with Crippen molar-refractivity contribution in [3.63, 3.8) is 0 Å². The summed E-state index contributed by atoms with van der Waals surface area (Å²) < 4.78 is 0. The van der Waals surface area contributed by atoms with Crippen molar-refractivity contribution in [2.75, 3.05) is 25.0 Å². The third-order valence-corrected chi connectivity index (χ3v) is 4.17. The molecule has 2 rings (SSSR count). The molecule has 1 aromatic carbocycles. The van der Waals surface area contributed by atoms with Gasteiger partial charge in [0.1, 0.15) is 0 Å². The number of rotatable bonds is 4. The third-order valence-electron chi connectivity index (χ3n) is 3.84. The molecule has 1 fully saturated rings. The van der Waals surface area contributed by atoms with Crippen LogP contribution in [0.5, 0.6) is 0 Å². The summed E-state index contributed by atoms with van der Waals surface area (Å²) in [6.45, 7) is 5.44. The Morgan fingerprint density at radius 3 is 2.85 bits per heavy atom. The Hall–Kier alpha value is -1.26. The van der Waals surface area contributed by atoms with Gasteiger partial charge in [0.15, 0.2) is 0 Å². The molecule has 20 heavy (non-hydrogen) atoms. The van der Waals surface area contributed by atoms with Gasteiger partial charge in [0.25, 0.3) is 0 Å². The number of nitrogens with zero attached hydrogens (tertiary/aromatic N) is 1. The quantitative estimate of drug-likeness (QED) is 0.896. The summed E-state index contributed by atoms with van der Waals surface area (Å²) in [6, 6.07) is 6.67. The molecule has 2 atom stereocenters. The van der Waals surface area contributed by atoms with E-state index in [9.17, 15) is 4.79 Å². The minimum Gasteiger partial charge on any atom is -0.369 e. The number of nitrogens with one attached hydrogen (secondary N) is 2. The van der Waals surface area contributed by atoms with Crippen LogP contribution in [0.3, 0.4) is 0 Å². The standard InChI is InChI=1S/C15H22ClN3O/c1-10(17-3)14-5-4-13(8-15(14)16)19-7-6-12(9-19)18-11(2)20/h4-5,8,10,12,17H,6-7,9H2,1-3H3,(H,18,20). The highest BCUT2D eigenvalue weighted by atomic mass is 35.5. The van der Waals surface area contributed by atoms with Crippen LogP contribution in [0, 0.1) is 0 Å². The second-order valence-electron chi connectivity index (χ2n) is 5.35. The average Bonchev–Trinajstić information content (AvgIpc) is 2.85. The first-order valence-corrected chi connectivity index (χ1v) is 7.38. The molecule has 1 aliphatic rings. The van der Waals surface area contributed by atoms with E-state index in [-0.39, 0.29) is 18.0 Å². The van der Waals surface area contributed by atoms with Gasteiger partial charge in [-0.2, -0.15) is 0 Å². The van der Waals surface area contributed by atoms with E-state index in [1.807, 2.05) is 13.1 Å². The molecule has 4 nitrogen and oxygen atoms in total. The van der Waals surface area contributed by atoms with Crippen LogP contribution in [-0.4, -0.2) is 32.1 Å². The van der Waals surface area contributed by atoms with Crippen molar-refractivity contribution in [1.82, 2.24) is 10.6 Å². The number of halogens is 1. The molecule has 110 valence electrons. The SMILES string of the molecule is CNC(C)c1ccc(N2CCC(NC(C)=O)C2)cc1Cl. The van der Waals surface area contributed by atoms with Crippen LogP contribution in [0.4, 0.5) is 5.69 Å². The Morgan fingerprint density at radius 1 is 1.50 bits per heavy atom. The predicted octanol–water partition coefficient (Wildman–Crippen LogP) is 2.34. The summed E-state index contributed by atoms with van der Waals surface area (Å²) in [4.78, 5) is 13.4. The Morgan fingerprint density at radius 2 is 2.25 bits per heavy atom. The second-order valence-corrected chi connectivity index (χ2v) is 5.76. The molecule has 1 heterocycles. The minimum absolute atomic E-state index is 0.0353. The summed E-state index contributed by atoms with van der Waals surface area (Å²) >= 11 is 6.37. The maximum atomic E-state index is 11.1. The number of carbonyl (C=O) groups is 1. The smallest absolute Gasteiger partial charge is 0.217 e. The maximum Gasteiger partial charge on any atom is 0.217 e. The Labute approximate surface area is 125 Å². The normalized spacial score (nSPS) is 20.0. The lowest BCUT2D eigenvalue weighted by Crippen LogP contribution is -2.35. The first-order valence-electron chi connectivity index (χ1n) is 7.00. The summed E-state index contributed by atoms with van der Waals surface area (Å²) in [5, 5.41) is 6.95. The van der Waals surface area contributed by atoms with E-state index >= 15 is 0 Å². The molecular formula is C15H22ClN3O. The van der Waals surface area contributed by atoms with E-state index in [2.05, 4.69) is 34.6 Å². The van der Waals surface area contributed by atoms with E-state index in [1.165, 1.54) is 0 Å². The van der Waals surface area contributed by atoms with E-state index in [4.69, 9.17) is 11.6 Å². The second kappa shape index (κ2) is 6.46. The van der Waals surface area contributed by atoms with Gasteiger partial charge in [-0.3, -0.25) is 4.79 Å². The van der Waals surface area contributed by atoms with Crippen molar-refractivity contribution in [3.05, 3.63) is 28.8 Å². The summed E-state index contributed by atoms with van der Waals surface area (Å²) in [6.07, 6.45) is 0.978. The molecule has 0 aliphatic carbocycles. The van der Waals surface area contributed by atoms with Crippen molar-refractivity contribution in [1.29, 1.82) is 0 Å². The van der Waals surface area contributed by atoms with Crippen LogP contribution in [-0.2, 0) is 4.79 Å². The van der Waals surface area contributed by atoms with E-state index in [0.29, 0.717) is 0 Å². The highest BCUT2D eigenvalue weighted by molar-refractivity contribution is 6.31. The Balaban J connectivity index is 2.07. The topological polar surface area (TPSA) is 44.4 Å². The lowest BCUT2D eigenvalue weighted by atomic mass is 10.1. The van der Waals surface area contributed by atoms with E-state index in [0.717, 1.165) is 35.8 Å². The number of benzene rings is 1. The predicted molar refractivity (Wildman–Crippen MR) is 83.4 cm³/mol. The van der Waals surface area contributed by atoms with Crippen LogP contribution >= 0.6 is 11.6 Å². The van der Waals surface area contributed by atoms with Gasteiger partial charge >= 0.3 is 0 Å². The lowest BCUT2D eigenvalue weighted by molar-refractivity contribution is -0.119. The van der Waals surface area contributed by atoms with Crippen molar-refractivity contribution < 1.29 is 4.79 Å². The van der Waals surface area contributed by atoms with Gasteiger partial charge in [-0.15, -0.1) is 0 Å². The molecule has 2 N–H and O–H groups in total. The molecular weight excluding hydrogens is 274 g/mol. The van der Waals surface area contributed by atoms with Crippen LogP contribution in [0.2, 0.25) is 5.02 Å². The summed E-state index contributed by atoms with van der Waals surface area (Å²) in [7, 11) is 1.92. The number of hydrogen-bond acceptors (Lipinski definition) is 3.